The molecule has 0 spiro atoms. The number of anilines is 1. The summed E-state index contributed by atoms with van der Waals surface area (Å²) in [5.74, 6) is 0.322. The minimum atomic E-state index is -0.350. The van der Waals surface area contributed by atoms with E-state index in [0.717, 1.165) is 15.9 Å². The first-order chi connectivity index (χ1) is 16.7. The lowest BCUT2D eigenvalue weighted by Gasteiger charge is -2.10. The van der Waals surface area contributed by atoms with E-state index in [2.05, 4.69) is 25.8 Å². The highest BCUT2D eigenvalue weighted by atomic mass is 32.2. The minimum absolute atomic E-state index is 0.125. The molecule has 0 atom stereocenters. The molecule has 0 saturated heterocycles. The van der Waals surface area contributed by atoms with Crippen LogP contribution in [-0.4, -0.2) is 37.3 Å². The molecule has 0 aliphatic rings. The Hall–Kier alpha value is -3.96. The van der Waals surface area contributed by atoms with Crippen LogP contribution in [0.15, 0.2) is 82.6 Å². The van der Waals surface area contributed by atoms with E-state index in [1.807, 2.05) is 59.2 Å². The van der Waals surface area contributed by atoms with E-state index >= 15 is 0 Å². The number of amides is 2. The van der Waals surface area contributed by atoms with Gasteiger partial charge < -0.3 is 15.1 Å². The number of carbonyl (C=O) groups excluding carboxylic acids is 2. The summed E-state index contributed by atoms with van der Waals surface area (Å²) in [5, 5.41) is 15.2. The van der Waals surface area contributed by atoms with Gasteiger partial charge in [-0.3, -0.25) is 14.2 Å². The summed E-state index contributed by atoms with van der Waals surface area (Å²) in [5.41, 5.74) is 1.67. The fourth-order valence-corrected chi connectivity index (χ4v) is 4.86. The Morgan fingerprint density at radius 3 is 2.62 bits per heavy atom. The molecule has 0 bridgehead atoms. The predicted octanol–water partition coefficient (Wildman–Crippen LogP) is 4.13. The molecule has 0 saturated carbocycles. The Labute approximate surface area is 202 Å². The van der Waals surface area contributed by atoms with E-state index in [-0.39, 0.29) is 29.9 Å². The second-order valence-electron chi connectivity index (χ2n) is 7.05. The predicted molar refractivity (Wildman–Crippen MR) is 130 cm³/mol. The lowest BCUT2D eigenvalue weighted by Crippen LogP contribution is -2.24. The van der Waals surface area contributed by atoms with E-state index in [1.54, 1.807) is 12.1 Å². The number of fused-ring (bicyclic) bond motifs is 1. The molecule has 0 unspecified atom stereocenters. The van der Waals surface area contributed by atoms with Crippen LogP contribution >= 0.6 is 23.1 Å². The smallest absolute Gasteiger partial charge is 0.287 e. The molecule has 170 valence electrons. The molecule has 3 heterocycles. The van der Waals surface area contributed by atoms with Crippen LogP contribution in [0, 0.1) is 0 Å². The van der Waals surface area contributed by atoms with Crippen LogP contribution in [0.3, 0.4) is 0 Å². The Balaban J connectivity index is 1.29. The van der Waals surface area contributed by atoms with E-state index in [0.29, 0.717) is 16.1 Å². The number of benzene rings is 2. The van der Waals surface area contributed by atoms with Crippen molar-refractivity contribution in [2.75, 3.05) is 11.1 Å². The number of nitrogens with one attached hydrogen (secondary N) is 2. The molecule has 11 heteroatoms. The van der Waals surface area contributed by atoms with Gasteiger partial charge in [0.05, 0.1) is 28.8 Å². The van der Waals surface area contributed by atoms with Gasteiger partial charge in [-0.25, -0.2) is 4.98 Å². The molecule has 5 aromatic rings. The first-order valence-electron chi connectivity index (χ1n) is 10.3. The van der Waals surface area contributed by atoms with Crippen molar-refractivity contribution in [3.63, 3.8) is 0 Å². The van der Waals surface area contributed by atoms with Crippen molar-refractivity contribution in [1.29, 1.82) is 0 Å². The first-order valence-corrected chi connectivity index (χ1v) is 12.1. The standard InChI is InChI=1S/C23H18N6O3S2/c30-20(26-22-25-16-9-4-5-11-18(16)34-22)14-33-23-28-27-19(29(23)15-7-2-1-3-8-15)13-24-21(31)17-10-6-12-32-17/h1-12H,13-14H2,(H,24,31)(H,25,26,30). The van der Waals surface area contributed by atoms with Crippen molar-refractivity contribution in [2.24, 2.45) is 0 Å². The number of rotatable bonds is 8. The van der Waals surface area contributed by atoms with Gasteiger partial charge in [-0.05, 0) is 36.4 Å². The number of thiazole rings is 1. The Morgan fingerprint density at radius 2 is 1.82 bits per heavy atom. The molecule has 2 aromatic carbocycles. The second-order valence-corrected chi connectivity index (χ2v) is 9.03. The average Bonchev–Trinajstić information content (AvgIpc) is 3.61. The maximum Gasteiger partial charge on any atom is 0.287 e. The zero-order valence-electron chi connectivity index (χ0n) is 17.7. The number of thioether (sulfide) groups is 1. The molecule has 2 N–H and O–H groups in total. The number of hydrogen-bond acceptors (Lipinski definition) is 8. The normalized spacial score (nSPS) is 10.9. The van der Waals surface area contributed by atoms with E-state index in [9.17, 15) is 9.59 Å². The Morgan fingerprint density at radius 1 is 1.00 bits per heavy atom. The molecule has 0 fully saturated rings. The monoisotopic (exact) mass is 490 g/mol. The largest absolute Gasteiger partial charge is 0.459 e. The van der Waals surface area contributed by atoms with Crippen molar-refractivity contribution in [3.8, 4) is 5.69 Å². The molecule has 0 aliphatic heterocycles. The van der Waals surface area contributed by atoms with Gasteiger partial charge in [-0.15, -0.1) is 10.2 Å². The van der Waals surface area contributed by atoms with Crippen LogP contribution in [0.25, 0.3) is 15.9 Å². The van der Waals surface area contributed by atoms with Crippen LogP contribution in [-0.2, 0) is 11.3 Å². The highest BCUT2D eigenvalue weighted by Gasteiger charge is 2.18. The van der Waals surface area contributed by atoms with Gasteiger partial charge in [0.15, 0.2) is 21.9 Å². The highest BCUT2D eigenvalue weighted by Crippen LogP contribution is 2.26. The van der Waals surface area contributed by atoms with Crippen molar-refractivity contribution >= 4 is 50.3 Å². The number of furan rings is 1. The summed E-state index contributed by atoms with van der Waals surface area (Å²) in [4.78, 5) is 29.3. The minimum Gasteiger partial charge on any atom is -0.459 e. The van der Waals surface area contributed by atoms with E-state index in [4.69, 9.17) is 4.42 Å². The molecule has 5 rings (SSSR count). The third-order valence-electron chi connectivity index (χ3n) is 4.74. The fraction of sp³-hybridized carbons (Fsp3) is 0.0870. The quantitative estimate of drug-likeness (QED) is 0.314. The van der Waals surface area contributed by atoms with Crippen molar-refractivity contribution in [1.82, 2.24) is 25.1 Å². The van der Waals surface area contributed by atoms with Gasteiger partial charge in [0.25, 0.3) is 5.91 Å². The van der Waals surface area contributed by atoms with Crippen molar-refractivity contribution in [3.05, 3.63) is 84.6 Å². The molecule has 3 aromatic heterocycles. The summed E-state index contributed by atoms with van der Waals surface area (Å²) < 4.78 is 7.96. The second kappa shape index (κ2) is 9.89. The molecule has 9 nitrogen and oxygen atoms in total. The SMILES string of the molecule is O=C(CSc1nnc(CNC(=O)c2ccco2)n1-c1ccccc1)Nc1nc2ccccc2s1. The van der Waals surface area contributed by atoms with Crippen LogP contribution in [0.5, 0.6) is 0 Å². The summed E-state index contributed by atoms with van der Waals surface area (Å²) in [6, 6.07) is 20.5. The molecular weight excluding hydrogens is 472 g/mol. The number of carbonyl (C=O) groups is 2. The topological polar surface area (TPSA) is 115 Å². The van der Waals surface area contributed by atoms with Gasteiger partial charge in [-0.1, -0.05) is 53.4 Å². The Bertz CT molecular complexity index is 1400. The number of aromatic nitrogens is 4. The van der Waals surface area contributed by atoms with Gasteiger partial charge in [0.2, 0.25) is 5.91 Å². The first kappa shape index (κ1) is 21.9. The van der Waals surface area contributed by atoms with E-state index in [1.165, 1.54) is 29.4 Å². The Kier molecular flexibility index (Phi) is 6.36. The summed E-state index contributed by atoms with van der Waals surface area (Å²) >= 11 is 2.68. The maximum atomic E-state index is 12.6. The third kappa shape index (κ3) is 4.85. The highest BCUT2D eigenvalue weighted by molar-refractivity contribution is 7.99. The lowest BCUT2D eigenvalue weighted by molar-refractivity contribution is -0.113. The van der Waals surface area contributed by atoms with Gasteiger partial charge in [0.1, 0.15) is 0 Å². The van der Waals surface area contributed by atoms with Gasteiger partial charge in [0, 0.05) is 5.69 Å². The molecule has 0 aliphatic carbocycles. The van der Waals surface area contributed by atoms with Crippen molar-refractivity contribution in [2.45, 2.75) is 11.7 Å². The number of nitrogens with zero attached hydrogens (tertiary/aromatic N) is 4. The number of para-hydroxylation sites is 2. The van der Waals surface area contributed by atoms with Crippen LogP contribution in [0.1, 0.15) is 16.4 Å². The van der Waals surface area contributed by atoms with E-state index < -0.39 is 0 Å². The molecule has 34 heavy (non-hydrogen) atoms. The van der Waals surface area contributed by atoms with Crippen LogP contribution in [0.4, 0.5) is 5.13 Å². The molecular formula is C23H18N6O3S2. The molecule has 0 radical (unpaired) electrons. The summed E-state index contributed by atoms with van der Waals surface area (Å²) in [6.45, 7) is 0.139. The third-order valence-corrected chi connectivity index (χ3v) is 6.62. The van der Waals surface area contributed by atoms with Gasteiger partial charge >= 0.3 is 0 Å². The lowest BCUT2D eigenvalue weighted by atomic mass is 10.3. The fourth-order valence-electron chi connectivity index (χ4n) is 3.21. The average molecular weight is 491 g/mol. The maximum absolute atomic E-state index is 12.6. The zero-order valence-corrected chi connectivity index (χ0v) is 19.3. The summed E-state index contributed by atoms with van der Waals surface area (Å²) in [6.07, 6.45) is 1.44. The zero-order chi connectivity index (χ0) is 23.3. The van der Waals surface area contributed by atoms with Crippen LogP contribution < -0.4 is 10.6 Å². The van der Waals surface area contributed by atoms with Gasteiger partial charge in [-0.2, -0.15) is 0 Å². The van der Waals surface area contributed by atoms with Crippen molar-refractivity contribution < 1.29 is 14.0 Å². The summed E-state index contributed by atoms with van der Waals surface area (Å²) in [7, 11) is 0. The number of hydrogen-bond donors (Lipinski definition) is 2. The molecule has 2 amide bonds. The van der Waals surface area contributed by atoms with Crippen LogP contribution in [0.2, 0.25) is 0 Å².